The number of nitrogen functional groups attached to an aromatic ring is 1. The van der Waals surface area contributed by atoms with Crippen molar-refractivity contribution in [2.24, 2.45) is 0 Å². The van der Waals surface area contributed by atoms with Crippen molar-refractivity contribution in [2.75, 3.05) is 32.0 Å². The molecule has 3 rings (SSSR count). The third-order valence-electron chi connectivity index (χ3n) is 3.65. The minimum atomic E-state index is 0.246. The van der Waals surface area contributed by atoms with Crippen LogP contribution in [0.25, 0.3) is 0 Å². The van der Waals surface area contributed by atoms with Crippen molar-refractivity contribution in [1.82, 2.24) is 15.6 Å². The van der Waals surface area contributed by atoms with Gasteiger partial charge in [0.2, 0.25) is 0 Å². The summed E-state index contributed by atoms with van der Waals surface area (Å²) in [4.78, 5) is 4.17. The van der Waals surface area contributed by atoms with E-state index in [1.807, 2.05) is 0 Å². The summed E-state index contributed by atoms with van der Waals surface area (Å²) in [6, 6.07) is 2.46. The summed E-state index contributed by atoms with van der Waals surface area (Å²) in [5.74, 6) is 0.970. The largest absolute Gasteiger partial charge is 0.486 e. The lowest BCUT2D eigenvalue weighted by molar-refractivity contribution is 0.183. The zero-order valence-corrected chi connectivity index (χ0v) is 11.9. The summed E-state index contributed by atoms with van der Waals surface area (Å²) in [5, 5.41) is 6.79. The third kappa shape index (κ3) is 3.08. The van der Waals surface area contributed by atoms with E-state index in [4.69, 9.17) is 26.8 Å². The number of hydrogen-bond donors (Lipinski definition) is 3. The smallest absolute Gasteiger partial charge is 0.258 e. The summed E-state index contributed by atoms with van der Waals surface area (Å²) < 4.78 is 11.5. The Bertz CT molecular complexity index is 435. The Morgan fingerprint density at radius 2 is 1.80 bits per heavy atom. The SMILES string of the molecule is Nc1cc(OC[C@H]2CCN2)c(OC[C@H]2CCN2)nc1Cl. The maximum absolute atomic E-state index is 5.95. The van der Waals surface area contributed by atoms with Crippen molar-refractivity contribution >= 4 is 17.3 Å². The number of pyridine rings is 1. The monoisotopic (exact) mass is 298 g/mol. The van der Waals surface area contributed by atoms with Gasteiger partial charge in [0.15, 0.2) is 10.9 Å². The topological polar surface area (TPSA) is 81.4 Å². The van der Waals surface area contributed by atoms with Crippen molar-refractivity contribution in [1.29, 1.82) is 0 Å². The molecule has 4 N–H and O–H groups in total. The molecular formula is C13H19ClN4O2. The second-order valence-electron chi connectivity index (χ2n) is 5.17. The highest BCUT2D eigenvalue weighted by molar-refractivity contribution is 6.31. The number of nitrogens with zero attached hydrogens (tertiary/aromatic N) is 1. The molecule has 0 unspecified atom stereocenters. The first-order valence-corrected chi connectivity index (χ1v) is 7.28. The molecular weight excluding hydrogens is 280 g/mol. The molecule has 0 bridgehead atoms. The van der Waals surface area contributed by atoms with Crippen molar-refractivity contribution in [3.05, 3.63) is 11.2 Å². The maximum Gasteiger partial charge on any atom is 0.258 e. The first-order chi connectivity index (χ1) is 9.72. The first kappa shape index (κ1) is 13.7. The van der Waals surface area contributed by atoms with E-state index < -0.39 is 0 Å². The molecule has 0 amide bonds. The first-order valence-electron chi connectivity index (χ1n) is 6.91. The van der Waals surface area contributed by atoms with Gasteiger partial charge in [0.1, 0.15) is 13.2 Å². The number of halogens is 1. The van der Waals surface area contributed by atoms with Crippen LogP contribution in [0.5, 0.6) is 11.6 Å². The number of ether oxygens (including phenoxy) is 2. The van der Waals surface area contributed by atoms with E-state index in [0.717, 1.165) is 25.9 Å². The van der Waals surface area contributed by atoms with E-state index in [1.165, 1.54) is 0 Å². The number of rotatable bonds is 6. The quantitative estimate of drug-likeness (QED) is 0.674. The molecule has 2 atom stereocenters. The fourth-order valence-corrected chi connectivity index (χ4v) is 2.16. The molecule has 2 saturated heterocycles. The molecule has 3 heterocycles. The van der Waals surface area contributed by atoms with E-state index in [1.54, 1.807) is 6.07 Å². The predicted octanol–water partition coefficient (Wildman–Crippen LogP) is 0.799. The van der Waals surface area contributed by atoms with E-state index in [2.05, 4.69) is 15.6 Å². The van der Waals surface area contributed by atoms with Gasteiger partial charge in [-0.25, -0.2) is 0 Å². The Balaban J connectivity index is 1.65. The molecule has 0 radical (unpaired) electrons. The van der Waals surface area contributed by atoms with Crippen LogP contribution in [0, 0.1) is 0 Å². The molecule has 110 valence electrons. The Hall–Kier alpha value is -1.24. The molecule has 0 saturated carbocycles. The average molecular weight is 299 g/mol. The molecule has 2 aliphatic rings. The van der Waals surface area contributed by atoms with Crippen molar-refractivity contribution < 1.29 is 9.47 Å². The van der Waals surface area contributed by atoms with Crippen LogP contribution in [-0.4, -0.2) is 43.4 Å². The summed E-state index contributed by atoms with van der Waals surface area (Å²) in [6.07, 6.45) is 2.24. The third-order valence-corrected chi connectivity index (χ3v) is 3.95. The highest BCUT2D eigenvalue weighted by Gasteiger charge is 2.21. The zero-order valence-electron chi connectivity index (χ0n) is 11.2. The molecule has 1 aromatic heterocycles. The Kier molecular flexibility index (Phi) is 4.14. The van der Waals surface area contributed by atoms with E-state index in [9.17, 15) is 0 Å². The number of anilines is 1. The average Bonchev–Trinajstić information content (AvgIpc) is 2.30. The van der Waals surface area contributed by atoms with Crippen LogP contribution in [-0.2, 0) is 0 Å². The van der Waals surface area contributed by atoms with Gasteiger partial charge in [-0.15, -0.1) is 0 Å². The van der Waals surface area contributed by atoms with Crippen LogP contribution in [0.2, 0.25) is 5.15 Å². The molecule has 0 aromatic carbocycles. The minimum Gasteiger partial charge on any atom is -0.486 e. The van der Waals surface area contributed by atoms with Crippen LogP contribution in [0.15, 0.2) is 6.07 Å². The van der Waals surface area contributed by atoms with Gasteiger partial charge in [-0.05, 0) is 25.9 Å². The van der Waals surface area contributed by atoms with Gasteiger partial charge < -0.3 is 25.8 Å². The summed E-state index contributed by atoms with van der Waals surface area (Å²) >= 11 is 5.95. The van der Waals surface area contributed by atoms with Crippen molar-refractivity contribution in [3.8, 4) is 11.6 Å². The molecule has 0 aliphatic carbocycles. The number of nitrogens with two attached hydrogens (primary N) is 1. The lowest BCUT2D eigenvalue weighted by Gasteiger charge is -2.29. The van der Waals surface area contributed by atoms with Gasteiger partial charge in [0, 0.05) is 18.2 Å². The fraction of sp³-hybridized carbons (Fsp3) is 0.615. The second-order valence-corrected chi connectivity index (χ2v) is 5.53. The van der Waals surface area contributed by atoms with Gasteiger partial charge >= 0.3 is 0 Å². The molecule has 2 aliphatic heterocycles. The summed E-state index contributed by atoms with van der Waals surface area (Å²) in [7, 11) is 0. The minimum absolute atomic E-state index is 0.246. The zero-order chi connectivity index (χ0) is 13.9. The van der Waals surface area contributed by atoms with E-state index >= 15 is 0 Å². The number of hydrogen-bond acceptors (Lipinski definition) is 6. The molecule has 6 nitrogen and oxygen atoms in total. The van der Waals surface area contributed by atoms with E-state index in [-0.39, 0.29) is 5.15 Å². The normalized spacial score (nSPS) is 24.6. The van der Waals surface area contributed by atoms with Crippen LogP contribution in [0.4, 0.5) is 5.69 Å². The number of nitrogens with one attached hydrogen (secondary N) is 2. The highest BCUT2D eigenvalue weighted by Crippen LogP contribution is 2.32. The standard InChI is InChI=1S/C13H19ClN4O2/c14-12-10(15)5-11(19-6-8-1-3-16-8)13(18-12)20-7-9-2-4-17-9/h5,8-9,16-17H,1-4,6-7,15H2/t8-,9-/m1/s1. The van der Waals surface area contributed by atoms with Gasteiger partial charge in [-0.2, -0.15) is 4.98 Å². The Labute approximate surface area is 123 Å². The van der Waals surface area contributed by atoms with Gasteiger partial charge in [0.05, 0.1) is 5.69 Å². The van der Waals surface area contributed by atoms with Gasteiger partial charge in [-0.1, -0.05) is 11.6 Å². The highest BCUT2D eigenvalue weighted by atomic mass is 35.5. The van der Waals surface area contributed by atoms with Crippen molar-refractivity contribution in [2.45, 2.75) is 24.9 Å². The fourth-order valence-electron chi connectivity index (χ4n) is 2.03. The van der Waals surface area contributed by atoms with Gasteiger partial charge in [-0.3, -0.25) is 0 Å². The molecule has 20 heavy (non-hydrogen) atoms. The van der Waals surface area contributed by atoms with Crippen LogP contribution in [0.1, 0.15) is 12.8 Å². The van der Waals surface area contributed by atoms with E-state index in [0.29, 0.717) is 42.6 Å². The Morgan fingerprint density at radius 1 is 1.20 bits per heavy atom. The van der Waals surface area contributed by atoms with Crippen LogP contribution in [0.3, 0.4) is 0 Å². The maximum atomic E-state index is 5.95. The summed E-state index contributed by atoms with van der Waals surface area (Å²) in [6.45, 7) is 3.23. The predicted molar refractivity (Wildman–Crippen MR) is 77.5 cm³/mol. The van der Waals surface area contributed by atoms with Crippen LogP contribution >= 0.6 is 11.6 Å². The lowest BCUT2D eigenvalue weighted by atomic mass is 10.1. The second kappa shape index (κ2) is 6.03. The van der Waals surface area contributed by atoms with Gasteiger partial charge in [0.25, 0.3) is 5.88 Å². The number of aromatic nitrogens is 1. The molecule has 1 aromatic rings. The molecule has 0 spiro atoms. The lowest BCUT2D eigenvalue weighted by Crippen LogP contribution is -2.47. The summed E-state index contributed by atoms with van der Waals surface area (Å²) in [5.41, 5.74) is 6.18. The van der Waals surface area contributed by atoms with Crippen LogP contribution < -0.4 is 25.8 Å². The molecule has 2 fully saturated rings. The Morgan fingerprint density at radius 3 is 2.35 bits per heavy atom. The molecule has 7 heteroatoms. The van der Waals surface area contributed by atoms with Crippen molar-refractivity contribution in [3.63, 3.8) is 0 Å².